The van der Waals surface area contributed by atoms with E-state index in [1.807, 2.05) is 6.07 Å². The number of alkyl halides is 3. The monoisotopic (exact) mass is 555 g/mol. The van der Waals surface area contributed by atoms with E-state index in [4.69, 9.17) is 16.3 Å². The van der Waals surface area contributed by atoms with Crippen molar-refractivity contribution in [1.82, 2.24) is 14.9 Å². The van der Waals surface area contributed by atoms with E-state index in [2.05, 4.69) is 0 Å². The number of aliphatic hydroxyl groups excluding tert-OH is 1. The Morgan fingerprint density at radius 1 is 1.22 bits per heavy atom. The SMILES string of the molecule is C[C@@H](N1CN([C@@H]2c3cccc(F)c3SCc3cccc(Cl)c32)N2/C=C\COC/C(O)=C\2C1=O)C(F)(F)F. The number of aliphatic hydroxyl groups is 1. The van der Waals surface area contributed by atoms with Gasteiger partial charge in [-0.05, 0) is 41.8 Å². The van der Waals surface area contributed by atoms with Gasteiger partial charge in [0.1, 0.15) is 24.2 Å². The topological polar surface area (TPSA) is 56.3 Å². The fraction of sp³-hybridized carbons (Fsp3) is 0.320. The van der Waals surface area contributed by atoms with E-state index < -0.39 is 42.4 Å². The standard InChI is InChI=1S/C25H22ClF4N3O3S/c1-14(25(28,29)30)31-13-33(32-9-4-10-36-11-19(34)22(32)24(31)35)21-16-6-3-8-18(27)23(16)37-12-15-5-2-7-17(26)20(15)21/h2-9,14,21,34H,10-13H2,1H3/b9-4-,22-19+/t14-,21-/m1/s1. The molecule has 6 nitrogen and oxygen atoms in total. The maximum Gasteiger partial charge on any atom is 0.408 e. The Kier molecular flexibility index (Phi) is 6.90. The first-order valence-corrected chi connectivity index (χ1v) is 12.7. The molecular formula is C25H22ClF4N3O3S. The molecule has 1 N–H and O–H groups in total. The van der Waals surface area contributed by atoms with Gasteiger partial charge in [-0.3, -0.25) is 9.80 Å². The molecule has 37 heavy (non-hydrogen) atoms. The number of hydrogen-bond donors (Lipinski definition) is 1. The fourth-order valence-corrected chi connectivity index (χ4v) is 6.11. The van der Waals surface area contributed by atoms with Crippen LogP contribution in [0.25, 0.3) is 0 Å². The highest BCUT2D eigenvalue weighted by Crippen LogP contribution is 2.48. The van der Waals surface area contributed by atoms with Gasteiger partial charge in [0.25, 0.3) is 5.91 Å². The highest BCUT2D eigenvalue weighted by atomic mass is 35.5. The summed E-state index contributed by atoms with van der Waals surface area (Å²) < 4.78 is 62.0. The van der Waals surface area contributed by atoms with Gasteiger partial charge in [0.05, 0.1) is 19.3 Å². The molecule has 12 heteroatoms. The number of benzene rings is 2. The molecule has 3 aliphatic rings. The highest BCUT2D eigenvalue weighted by Gasteiger charge is 2.50. The average Bonchev–Trinajstić information content (AvgIpc) is 3.00. The molecular weight excluding hydrogens is 534 g/mol. The first kappa shape index (κ1) is 25.9. The Morgan fingerprint density at radius 3 is 2.73 bits per heavy atom. The summed E-state index contributed by atoms with van der Waals surface area (Å²) in [6, 6.07) is 6.76. The lowest BCUT2D eigenvalue weighted by molar-refractivity contribution is -0.204. The van der Waals surface area contributed by atoms with Crippen molar-refractivity contribution in [3.63, 3.8) is 0 Å². The van der Waals surface area contributed by atoms with Crippen LogP contribution in [0.2, 0.25) is 5.02 Å². The minimum absolute atomic E-state index is 0.0988. The van der Waals surface area contributed by atoms with Crippen molar-refractivity contribution in [3.8, 4) is 0 Å². The molecule has 1 fully saturated rings. The number of nitrogens with zero attached hydrogens (tertiary/aromatic N) is 3. The van der Waals surface area contributed by atoms with E-state index in [0.717, 1.165) is 12.5 Å². The molecule has 3 heterocycles. The van der Waals surface area contributed by atoms with Crippen molar-refractivity contribution in [3.05, 3.63) is 87.7 Å². The van der Waals surface area contributed by atoms with Gasteiger partial charge < -0.3 is 14.7 Å². The smallest absolute Gasteiger partial charge is 0.408 e. The van der Waals surface area contributed by atoms with Crippen molar-refractivity contribution < 1.29 is 32.2 Å². The lowest BCUT2D eigenvalue weighted by Gasteiger charge is -2.49. The summed E-state index contributed by atoms with van der Waals surface area (Å²) in [4.78, 5) is 14.4. The number of hydrogen-bond acceptors (Lipinski definition) is 6. The second kappa shape index (κ2) is 9.86. The third-order valence-corrected chi connectivity index (χ3v) is 8.06. The summed E-state index contributed by atoms with van der Waals surface area (Å²) in [6.07, 6.45) is -1.68. The molecule has 0 saturated carbocycles. The summed E-state index contributed by atoms with van der Waals surface area (Å²) in [6.45, 7) is 0.113. The Labute approximate surface area is 219 Å². The number of fused-ring (bicyclic) bond motifs is 3. The van der Waals surface area contributed by atoms with Gasteiger partial charge in [0.2, 0.25) is 0 Å². The highest BCUT2D eigenvalue weighted by molar-refractivity contribution is 7.98. The second-order valence-electron chi connectivity index (χ2n) is 8.78. The molecule has 0 spiro atoms. The van der Waals surface area contributed by atoms with Crippen LogP contribution < -0.4 is 0 Å². The third-order valence-electron chi connectivity index (χ3n) is 6.56. The van der Waals surface area contributed by atoms with Gasteiger partial charge in [-0.2, -0.15) is 18.2 Å². The predicted octanol–water partition coefficient (Wildman–Crippen LogP) is 5.76. The maximum absolute atomic E-state index is 15.1. The van der Waals surface area contributed by atoms with Crippen LogP contribution in [-0.2, 0) is 15.3 Å². The number of carbonyl (C=O) groups is 1. The summed E-state index contributed by atoms with van der Waals surface area (Å²) in [5, 5.41) is 14.0. The number of ether oxygens (including phenoxy) is 1. The van der Waals surface area contributed by atoms with Crippen LogP contribution in [0.15, 0.2) is 65.0 Å². The van der Waals surface area contributed by atoms with Crippen molar-refractivity contribution in [2.45, 2.75) is 35.8 Å². The number of hydrazine groups is 1. The lowest BCUT2D eigenvalue weighted by Crippen LogP contribution is -2.62. The minimum Gasteiger partial charge on any atom is -0.507 e. The zero-order chi connectivity index (χ0) is 26.5. The molecule has 2 aromatic carbocycles. The van der Waals surface area contributed by atoms with Gasteiger partial charge >= 0.3 is 6.18 Å². The Bertz CT molecular complexity index is 1300. The minimum atomic E-state index is -4.73. The molecule has 0 radical (unpaired) electrons. The second-order valence-corrected chi connectivity index (χ2v) is 10.2. The molecule has 0 aromatic heterocycles. The average molecular weight is 556 g/mol. The quantitative estimate of drug-likeness (QED) is 0.476. The molecule has 5 rings (SSSR count). The number of carbonyl (C=O) groups excluding carboxylic acids is 1. The van der Waals surface area contributed by atoms with Gasteiger partial charge in [0, 0.05) is 21.9 Å². The van der Waals surface area contributed by atoms with Crippen molar-refractivity contribution in [2.75, 3.05) is 19.9 Å². The number of amides is 1. The summed E-state index contributed by atoms with van der Waals surface area (Å²) in [5.41, 5.74) is 1.47. The van der Waals surface area contributed by atoms with E-state index in [1.54, 1.807) is 24.3 Å². The molecule has 1 saturated heterocycles. The molecule has 0 aliphatic carbocycles. The first-order chi connectivity index (χ1) is 17.6. The largest absolute Gasteiger partial charge is 0.507 e. The van der Waals surface area contributed by atoms with Crippen molar-refractivity contribution in [2.24, 2.45) is 0 Å². The summed E-state index contributed by atoms with van der Waals surface area (Å²) >= 11 is 7.95. The number of thioether (sulfide) groups is 1. The van der Waals surface area contributed by atoms with Crippen LogP contribution in [0.5, 0.6) is 0 Å². The van der Waals surface area contributed by atoms with Gasteiger partial charge in [-0.15, -0.1) is 11.8 Å². The summed E-state index contributed by atoms with van der Waals surface area (Å²) in [7, 11) is 0. The molecule has 0 bridgehead atoms. The van der Waals surface area contributed by atoms with Gasteiger partial charge in [-0.25, -0.2) is 4.39 Å². The third kappa shape index (κ3) is 4.58. The van der Waals surface area contributed by atoms with Crippen LogP contribution >= 0.6 is 23.4 Å². The Balaban J connectivity index is 1.77. The number of rotatable bonds is 2. The molecule has 2 aromatic rings. The first-order valence-electron chi connectivity index (χ1n) is 11.4. The summed E-state index contributed by atoms with van der Waals surface area (Å²) in [5.74, 6) is -1.61. The van der Waals surface area contributed by atoms with Crippen LogP contribution in [0.1, 0.15) is 29.7 Å². The molecule has 2 atom stereocenters. The Morgan fingerprint density at radius 2 is 1.97 bits per heavy atom. The van der Waals surface area contributed by atoms with E-state index >= 15 is 4.39 Å². The van der Waals surface area contributed by atoms with E-state index in [1.165, 1.54) is 40.1 Å². The van der Waals surface area contributed by atoms with Crippen molar-refractivity contribution >= 4 is 29.3 Å². The van der Waals surface area contributed by atoms with E-state index in [-0.39, 0.29) is 18.9 Å². The molecule has 3 aliphatic heterocycles. The van der Waals surface area contributed by atoms with Gasteiger partial charge in [-0.1, -0.05) is 35.9 Å². The van der Waals surface area contributed by atoms with Gasteiger partial charge in [0.15, 0.2) is 5.70 Å². The molecule has 1 amide bonds. The fourth-order valence-electron chi connectivity index (χ4n) is 4.70. The predicted molar refractivity (Wildman–Crippen MR) is 130 cm³/mol. The van der Waals surface area contributed by atoms with Crippen LogP contribution in [0.4, 0.5) is 17.6 Å². The van der Waals surface area contributed by atoms with Crippen LogP contribution in [-0.4, -0.2) is 58.0 Å². The Hall–Kier alpha value is -2.73. The maximum atomic E-state index is 15.1. The van der Waals surface area contributed by atoms with Crippen LogP contribution in [0.3, 0.4) is 0 Å². The zero-order valence-corrected chi connectivity index (χ0v) is 21.1. The van der Waals surface area contributed by atoms with E-state index in [0.29, 0.717) is 31.7 Å². The van der Waals surface area contributed by atoms with Crippen molar-refractivity contribution in [1.29, 1.82) is 0 Å². The zero-order valence-electron chi connectivity index (χ0n) is 19.5. The number of halogens is 5. The molecule has 196 valence electrons. The van der Waals surface area contributed by atoms with Crippen LogP contribution in [0, 0.1) is 5.82 Å². The molecule has 0 unspecified atom stereocenters. The normalized spacial score (nSPS) is 24.4. The van der Waals surface area contributed by atoms with E-state index in [9.17, 15) is 23.1 Å². The lowest BCUT2D eigenvalue weighted by atomic mass is 9.94.